The van der Waals surface area contributed by atoms with Crippen LogP contribution in [0.15, 0.2) is 49.4 Å². The predicted molar refractivity (Wildman–Crippen MR) is 89.7 cm³/mol. The monoisotopic (exact) mass is 346 g/mol. The van der Waals surface area contributed by atoms with Crippen LogP contribution in [-0.2, 0) is 9.84 Å². The largest absolute Gasteiger partial charge is 0.331 e. The molecule has 0 saturated carbocycles. The second-order valence-corrected chi connectivity index (χ2v) is 7.89. The molecule has 8 heteroatoms. The summed E-state index contributed by atoms with van der Waals surface area (Å²) in [5.74, 6) is 0.493. The summed E-state index contributed by atoms with van der Waals surface area (Å²) in [7, 11) is -3.07. The molecule has 1 saturated heterocycles. The van der Waals surface area contributed by atoms with Crippen LogP contribution in [0.25, 0.3) is 5.82 Å². The molecule has 0 N–H and O–H groups in total. The first-order valence-corrected chi connectivity index (χ1v) is 9.41. The van der Waals surface area contributed by atoms with E-state index in [9.17, 15) is 13.2 Å². The number of aromatic nitrogens is 3. The van der Waals surface area contributed by atoms with Gasteiger partial charge in [0.25, 0.3) is 5.91 Å². The van der Waals surface area contributed by atoms with E-state index in [1.807, 2.05) is 0 Å². The molecule has 3 heterocycles. The highest BCUT2D eigenvalue weighted by molar-refractivity contribution is 7.91. The van der Waals surface area contributed by atoms with Crippen LogP contribution in [-0.4, -0.2) is 58.1 Å². The van der Waals surface area contributed by atoms with Gasteiger partial charge in [-0.1, -0.05) is 6.08 Å². The summed E-state index contributed by atoms with van der Waals surface area (Å²) in [5.41, 5.74) is 0.414. The lowest BCUT2D eigenvalue weighted by molar-refractivity contribution is 0.0720. The Labute approximate surface area is 140 Å². The molecule has 0 aromatic carbocycles. The Morgan fingerprint density at radius 2 is 2.29 bits per heavy atom. The first-order valence-electron chi connectivity index (χ1n) is 7.58. The van der Waals surface area contributed by atoms with Crippen LogP contribution >= 0.6 is 0 Å². The minimum atomic E-state index is -3.07. The molecule has 7 nitrogen and oxygen atoms in total. The van der Waals surface area contributed by atoms with Gasteiger partial charge in [0.2, 0.25) is 0 Å². The Balaban J connectivity index is 1.81. The number of carbonyl (C=O) groups excluding carboxylic acids is 1. The number of rotatable bonds is 5. The van der Waals surface area contributed by atoms with E-state index < -0.39 is 9.84 Å². The average molecular weight is 346 g/mol. The first-order chi connectivity index (χ1) is 11.5. The van der Waals surface area contributed by atoms with Crippen molar-refractivity contribution in [2.75, 3.05) is 18.1 Å². The maximum Gasteiger partial charge on any atom is 0.255 e. The van der Waals surface area contributed by atoms with E-state index in [0.29, 0.717) is 24.3 Å². The van der Waals surface area contributed by atoms with Crippen LogP contribution in [0, 0.1) is 0 Å². The lowest BCUT2D eigenvalue weighted by Gasteiger charge is -2.27. The van der Waals surface area contributed by atoms with Crippen LogP contribution < -0.4 is 0 Å². The normalized spacial score (nSPS) is 19.1. The molecule has 1 amide bonds. The van der Waals surface area contributed by atoms with Gasteiger partial charge in [0.05, 0.1) is 17.1 Å². The van der Waals surface area contributed by atoms with Crippen LogP contribution in [0.4, 0.5) is 0 Å². The fourth-order valence-electron chi connectivity index (χ4n) is 2.78. The molecule has 2 aromatic rings. The Hall–Kier alpha value is -2.48. The summed E-state index contributed by atoms with van der Waals surface area (Å²) in [4.78, 5) is 18.6. The van der Waals surface area contributed by atoms with Crippen LogP contribution in [0.2, 0.25) is 0 Å². The number of pyridine rings is 1. The molecule has 126 valence electrons. The summed E-state index contributed by atoms with van der Waals surface area (Å²) < 4.78 is 25.0. The molecule has 0 spiro atoms. The Morgan fingerprint density at radius 1 is 1.46 bits per heavy atom. The van der Waals surface area contributed by atoms with Gasteiger partial charge in [-0.25, -0.2) is 18.1 Å². The second-order valence-electron chi connectivity index (χ2n) is 5.66. The smallest absolute Gasteiger partial charge is 0.255 e. The zero-order valence-corrected chi connectivity index (χ0v) is 13.9. The second kappa shape index (κ2) is 6.56. The summed E-state index contributed by atoms with van der Waals surface area (Å²) in [5, 5.41) is 4.08. The lowest BCUT2D eigenvalue weighted by Crippen LogP contribution is -2.41. The van der Waals surface area contributed by atoms with Gasteiger partial charge in [-0.2, -0.15) is 5.10 Å². The number of hydrogen-bond donors (Lipinski definition) is 0. The van der Waals surface area contributed by atoms with E-state index in [1.165, 1.54) is 6.20 Å². The quantitative estimate of drug-likeness (QED) is 0.757. The molecule has 0 aliphatic carbocycles. The summed E-state index contributed by atoms with van der Waals surface area (Å²) in [6.45, 7) is 3.97. The molecule has 0 unspecified atom stereocenters. The Kier molecular flexibility index (Phi) is 4.48. The highest BCUT2D eigenvalue weighted by Gasteiger charge is 2.34. The van der Waals surface area contributed by atoms with Crippen molar-refractivity contribution in [3.63, 3.8) is 0 Å². The molecule has 1 aliphatic rings. The topological polar surface area (TPSA) is 85.2 Å². The average Bonchev–Trinajstić information content (AvgIpc) is 3.22. The number of nitrogens with zero attached hydrogens (tertiary/aromatic N) is 4. The van der Waals surface area contributed by atoms with Gasteiger partial charge in [-0.15, -0.1) is 6.58 Å². The predicted octanol–water partition coefficient (Wildman–Crippen LogP) is 1.08. The van der Waals surface area contributed by atoms with Gasteiger partial charge in [0.15, 0.2) is 15.7 Å². The zero-order chi connectivity index (χ0) is 17.2. The van der Waals surface area contributed by atoms with Gasteiger partial charge in [-0.3, -0.25) is 4.79 Å². The van der Waals surface area contributed by atoms with Crippen molar-refractivity contribution < 1.29 is 13.2 Å². The van der Waals surface area contributed by atoms with Crippen molar-refractivity contribution in [3.8, 4) is 5.82 Å². The highest BCUT2D eigenvalue weighted by atomic mass is 32.2. The standard InChI is InChI=1S/C16H18N4O3S/c1-2-8-19(14-6-10-24(22,23)12-14)16(21)13-4-5-15(17-11-13)20-9-3-7-18-20/h2-5,7,9,11,14H,1,6,8,10,12H2/t14-/m1/s1. The molecule has 1 atom stereocenters. The highest BCUT2D eigenvalue weighted by Crippen LogP contribution is 2.20. The van der Waals surface area contributed by atoms with Crippen molar-refractivity contribution in [1.29, 1.82) is 0 Å². The van der Waals surface area contributed by atoms with Crippen molar-refractivity contribution in [1.82, 2.24) is 19.7 Å². The van der Waals surface area contributed by atoms with E-state index in [4.69, 9.17) is 0 Å². The molecular formula is C16H18N4O3S. The zero-order valence-electron chi connectivity index (χ0n) is 13.1. The van der Waals surface area contributed by atoms with E-state index in [0.717, 1.165) is 0 Å². The lowest BCUT2D eigenvalue weighted by atomic mass is 10.1. The summed E-state index contributed by atoms with van der Waals surface area (Å²) in [6, 6.07) is 4.85. The minimum absolute atomic E-state index is 0.00534. The minimum Gasteiger partial charge on any atom is -0.331 e. The van der Waals surface area contributed by atoms with Gasteiger partial charge >= 0.3 is 0 Å². The SMILES string of the molecule is C=CCN(C(=O)c1ccc(-n2cccn2)nc1)[C@@H]1CCS(=O)(=O)C1. The fourth-order valence-corrected chi connectivity index (χ4v) is 4.51. The number of amides is 1. The third-order valence-electron chi connectivity index (χ3n) is 3.97. The molecule has 0 radical (unpaired) electrons. The van der Waals surface area contributed by atoms with Gasteiger partial charge < -0.3 is 4.90 Å². The molecule has 1 fully saturated rings. The Bertz CT molecular complexity index is 829. The van der Waals surface area contributed by atoms with Gasteiger partial charge in [0, 0.05) is 31.2 Å². The number of sulfone groups is 1. The van der Waals surface area contributed by atoms with Crippen molar-refractivity contribution in [3.05, 3.63) is 55.0 Å². The number of hydrogen-bond acceptors (Lipinski definition) is 5. The van der Waals surface area contributed by atoms with Crippen molar-refractivity contribution in [2.24, 2.45) is 0 Å². The van der Waals surface area contributed by atoms with Crippen LogP contribution in [0.5, 0.6) is 0 Å². The van der Waals surface area contributed by atoms with Crippen LogP contribution in [0.3, 0.4) is 0 Å². The fraction of sp³-hybridized carbons (Fsp3) is 0.312. The van der Waals surface area contributed by atoms with E-state index in [1.54, 1.807) is 46.3 Å². The molecule has 0 bridgehead atoms. The summed E-state index contributed by atoms with van der Waals surface area (Å²) >= 11 is 0. The van der Waals surface area contributed by atoms with Crippen LogP contribution in [0.1, 0.15) is 16.8 Å². The van der Waals surface area contributed by atoms with Crippen molar-refractivity contribution in [2.45, 2.75) is 12.5 Å². The molecule has 1 aliphatic heterocycles. The first kappa shape index (κ1) is 16.4. The molecular weight excluding hydrogens is 328 g/mol. The van der Waals surface area contributed by atoms with Crippen molar-refractivity contribution >= 4 is 15.7 Å². The van der Waals surface area contributed by atoms with E-state index in [-0.39, 0.29) is 23.5 Å². The third-order valence-corrected chi connectivity index (χ3v) is 5.72. The Morgan fingerprint density at radius 3 is 2.83 bits per heavy atom. The van der Waals surface area contributed by atoms with Gasteiger partial charge in [0.1, 0.15) is 0 Å². The molecule has 2 aromatic heterocycles. The summed E-state index contributed by atoms with van der Waals surface area (Å²) in [6.07, 6.45) is 6.96. The van der Waals surface area contributed by atoms with E-state index in [2.05, 4.69) is 16.7 Å². The van der Waals surface area contributed by atoms with Gasteiger partial charge in [-0.05, 0) is 24.6 Å². The maximum absolute atomic E-state index is 12.8. The molecule has 24 heavy (non-hydrogen) atoms. The number of carbonyl (C=O) groups is 1. The van der Waals surface area contributed by atoms with E-state index >= 15 is 0 Å². The maximum atomic E-state index is 12.8. The molecule has 3 rings (SSSR count). The third kappa shape index (κ3) is 3.38.